The van der Waals surface area contributed by atoms with Crippen molar-refractivity contribution in [1.82, 2.24) is 14.9 Å². The van der Waals surface area contributed by atoms with Crippen molar-refractivity contribution in [2.24, 2.45) is 0 Å². The van der Waals surface area contributed by atoms with E-state index in [2.05, 4.69) is 14.9 Å². The summed E-state index contributed by atoms with van der Waals surface area (Å²) in [6.45, 7) is 1.86. The molecule has 0 atom stereocenters. The predicted molar refractivity (Wildman–Crippen MR) is 68.8 cm³/mol. The van der Waals surface area contributed by atoms with Crippen molar-refractivity contribution in [3.63, 3.8) is 0 Å². The molecule has 0 unspecified atom stereocenters. The van der Waals surface area contributed by atoms with E-state index in [1.165, 1.54) is 12.1 Å². The summed E-state index contributed by atoms with van der Waals surface area (Å²) in [6.07, 6.45) is 0.326. The Kier molecular flexibility index (Phi) is 3.82. The van der Waals surface area contributed by atoms with Crippen LogP contribution in [0.5, 0.6) is 0 Å². The quantitative estimate of drug-likeness (QED) is 0.772. The number of anilines is 1. The van der Waals surface area contributed by atoms with E-state index in [0.29, 0.717) is 18.1 Å². The highest BCUT2D eigenvalue weighted by atomic mass is 32.2. The first kappa shape index (κ1) is 13.5. The maximum atomic E-state index is 12.0. The van der Waals surface area contributed by atoms with Crippen LogP contribution in [0.15, 0.2) is 33.7 Å². The van der Waals surface area contributed by atoms with Gasteiger partial charge in [0.05, 0.1) is 5.69 Å². The van der Waals surface area contributed by atoms with Crippen molar-refractivity contribution in [2.75, 3.05) is 12.3 Å². The third-order valence-electron chi connectivity index (χ3n) is 2.41. The minimum absolute atomic E-state index is 0.0664. The first-order valence-electron chi connectivity index (χ1n) is 5.62. The second-order valence-electron chi connectivity index (χ2n) is 3.92. The highest BCUT2D eigenvalue weighted by molar-refractivity contribution is 7.89. The van der Waals surface area contributed by atoms with Gasteiger partial charge in [-0.15, -0.1) is 0 Å². The molecule has 0 fully saturated rings. The normalized spacial score (nSPS) is 11.6. The van der Waals surface area contributed by atoms with Gasteiger partial charge in [-0.25, -0.2) is 13.1 Å². The van der Waals surface area contributed by atoms with Crippen LogP contribution >= 0.6 is 0 Å². The van der Waals surface area contributed by atoms with Crippen LogP contribution in [0.1, 0.15) is 11.7 Å². The molecule has 7 nitrogen and oxygen atoms in total. The summed E-state index contributed by atoms with van der Waals surface area (Å²) in [5.74, 6) is 0.909. The van der Waals surface area contributed by atoms with E-state index in [9.17, 15) is 8.42 Å². The van der Waals surface area contributed by atoms with Gasteiger partial charge in [0.2, 0.25) is 15.9 Å². The van der Waals surface area contributed by atoms with E-state index in [4.69, 9.17) is 10.3 Å². The molecule has 0 radical (unpaired) electrons. The minimum Gasteiger partial charge on any atom is -0.398 e. The molecular weight excluding hydrogens is 268 g/mol. The fourth-order valence-corrected chi connectivity index (χ4v) is 2.70. The molecule has 0 aliphatic heterocycles. The fourth-order valence-electron chi connectivity index (χ4n) is 1.54. The molecule has 102 valence electrons. The van der Waals surface area contributed by atoms with E-state index in [0.717, 1.165) is 0 Å². The van der Waals surface area contributed by atoms with Gasteiger partial charge >= 0.3 is 0 Å². The predicted octanol–water partition coefficient (Wildman–Crippen LogP) is 0.481. The van der Waals surface area contributed by atoms with Crippen molar-refractivity contribution in [3.8, 4) is 0 Å². The van der Waals surface area contributed by atoms with E-state index in [1.54, 1.807) is 19.1 Å². The van der Waals surface area contributed by atoms with Crippen molar-refractivity contribution in [1.29, 1.82) is 0 Å². The number of nitrogen functional groups attached to an aromatic ring is 1. The molecule has 0 aliphatic rings. The third-order valence-corrected chi connectivity index (χ3v) is 3.94. The lowest BCUT2D eigenvalue weighted by Gasteiger charge is -2.07. The average Bonchev–Trinajstić information content (AvgIpc) is 2.75. The van der Waals surface area contributed by atoms with Gasteiger partial charge in [-0.05, 0) is 19.1 Å². The van der Waals surface area contributed by atoms with Crippen LogP contribution in [-0.2, 0) is 16.4 Å². The Morgan fingerprint density at radius 1 is 1.37 bits per heavy atom. The van der Waals surface area contributed by atoms with Crippen LogP contribution in [0.3, 0.4) is 0 Å². The molecule has 19 heavy (non-hydrogen) atoms. The number of benzene rings is 1. The van der Waals surface area contributed by atoms with Crippen molar-refractivity contribution < 1.29 is 12.9 Å². The smallest absolute Gasteiger partial charge is 0.242 e. The molecule has 0 saturated heterocycles. The number of nitrogens with one attached hydrogen (secondary N) is 1. The zero-order chi connectivity index (χ0) is 13.9. The molecule has 1 aromatic heterocycles. The summed E-state index contributed by atoms with van der Waals surface area (Å²) >= 11 is 0. The molecule has 0 aliphatic carbocycles. The maximum absolute atomic E-state index is 12.0. The Hall–Kier alpha value is -1.93. The summed E-state index contributed by atoms with van der Waals surface area (Å²) in [6, 6.07) is 6.28. The maximum Gasteiger partial charge on any atom is 0.242 e. The highest BCUT2D eigenvalue weighted by Gasteiger charge is 2.16. The van der Waals surface area contributed by atoms with Gasteiger partial charge < -0.3 is 10.3 Å². The van der Waals surface area contributed by atoms with Crippen LogP contribution in [0.4, 0.5) is 5.69 Å². The van der Waals surface area contributed by atoms with Gasteiger partial charge in [-0.2, -0.15) is 4.98 Å². The SMILES string of the molecule is Cc1noc(CCNS(=O)(=O)c2ccccc2N)n1. The zero-order valence-corrected chi connectivity index (χ0v) is 11.1. The molecule has 2 rings (SSSR count). The van der Waals surface area contributed by atoms with Crippen molar-refractivity contribution in [2.45, 2.75) is 18.2 Å². The lowest BCUT2D eigenvalue weighted by Crippen LogP contribution is -2.26. The molecule has 8 heteroatoms. The molecule has 0 bridgehead atoms. The number of nitrogens with two attached hydrogens (primary N) is 1. The standard InChI is InChI=1S/C11H14N4O3S/c1-8-14-11(18-15-8)6-7-13-19(16,17)10-5-3-2-4-9(10)12/h2-5,13H,6-7,12H2,1H3. The number of hydrogen-bond donors (Lipinski definition) is 2. The number of nitrogens with zero attached hydrogens (tertiary/aromatic N) is 2. The molecule has 1 heterocycles. The monoisotopic (exact) mass is 282 g/mol. The third kappa shape index (κ3) is 3.30. The number of rotatable bonds is 5. The van der Waals surface area contributed by atoms with Gasteiger partial charge in [-0.1, -0.05) is 17.3 Å². The molecule has 0 amide bonds. The minimum atomic E-state index is -3.62. The average molecular weight is 282 g/mol. The van der Waals surface area contributed by atoms with Gasteiger partial charge in [0.25, 0.3) is 0 Å². The molecule has 0 spiro atoms. The molecule has 0 saturated carbocycles. The summed E-state index contributed by atoms with van der Waals surface area (Å²) in [5.41, 5.74) is 5.84. The Balaban J connectivity index is 2.01. The Morgan fingerprint density at radius 2 is 2.11 bits per heavy atom. The molecule has 1 aromatic carbocycles. The largest absolute Gasteiger partial charge is 0.398 e. The lowest BCUT2D eigenvalue weighted by atomic mass is 10.3. The Labute approximate surface area is 110 Å². The van der Waals surface area contributed by atoms with Gasteiger partial charge in [0, 0.05) is 13.0 Å². The zero-order valence-electron chi connectivity index (χ0n) is 10.3. The Morgan fingerprint density at radius 3 is 2.74 bits per heavy atom. The number of sulfonamides is 1. The van der Waals surface area contributed by atoms with Crippen LogP contribution in [-0.4, -0.2) is 25.1 Å². The number of hydrogen-bond acceptors (Lipinski definition) is 6. The summed E-state index contributed by atoms with van der Waals surface area (Å²) < 4.78 is 31.3. The summed E-state index contributed by atoms with van der Waals surface area (Å²) in [7, 11) is -3.62. The van der Waals surface area contributed by atoms with Crippen LogP contribution < -0.4 is 10.5 Å². The van der Waals surface area contributed by atoms with Crippen LogP contribution in [0.25, 0.3) is 0 Å². The van der Waals surface area contributed by atoms with E-state index < -0.39 is 10.0 Å². The molecular formula is C11H14N4O3S. The summed E-state index contributed by atoms with van der Waals surface area (Å²) in [5, 5.41) is 3.62. The summed E-state index contributed by atoms with van der Waals surface area (Å²) in [4.78, 5) is 4.05. The number of aromatic nitrogens is 2. The highest BCUT2D eigenvalue weighted by Crippen LogP contribution is 2.16. The molecule has 3 N–H and O–H groups in total. The second-order valence-corrected chi connectivity index (χ2v) is 5.66. The number of para-hydroxylation sites is 1. The van der Waals surface area contributed by atoms with E-state index in [1.807, 2.05) is 0 Å². The van der Waals surface area contributed by atoms with Crippen LogP contribution in [0.2, 0.25) is 0 Å². The fraction of sp³-hybridized carbons (Fsp3) is 0.273. The van der Waals surface area contributed by atoms with Crippen molar-refractivity contribution in [3.05, 3.63) is 36.0 Å². The van der Waals surface area contributed by atoms with Crippen LogP contribution in [0, 0.1) is 6.92 Å². The van der Waals surface area contributed by atoms with Crippen molar-refractivity contribution >= 4 is 15.7 Å². The molecule has 2 aromatic rings. The van der Waals surface area contributed by atoms with E-state index in [-0.39, 0.29) is 17.1 Å². The van der Waals surface area contributed by atoms with Gasteiger partial charge in [0.1, 0.15) is 4.90 Å². The Bertz CT molecular complexity index is 666. The van der Waals surface area contributed by atoms with Gasteiger partial charge in [-0.3, -0.25) is 0 Å². The van der Waals surface area contributed by atoms with E-state index >= 15 is 0 Å². The lowest BCUT2D eigenvalue weighted by molar-refractivity contribution is 0.375. The second kappa shape index (κ2) is 5.37. The number of aryl methyl sites for hydroxylation is 1. The van der Waals surface area contributed by atoms with Gasteiger partial charge in [0.15, 0.2) is 5.82 Å². The first-order chi connectivity index (χ1) is 8.99. The first-order valence-corrected chi connectivity index (χ1v) is 7.11. The topological polar surface area (TPSA) is 111 Å².